The van der Waals surface area contributed by atoms with Gasteiger partial charge in [-0.25, -0.2) is 0 Å². The molecule has 24 heavy (non-hydrogen) atoms. The molecule has 0 fully saturated rings. The van der Waals surface area contributed by atoms with Crippen molar-refractivity contribution < 1.29 is 19.1 Å². The van der Waals surface area contributed by atoms with Crippen molar-refractivity contribution in [2.45, 2.75) is 32.7 Å². The van der Waals surface area contributed by atoms with E-state index in [1.807, 2.05) is 26.0 Å². The molecule has 1 aromatic rings. The summed E-state index contributed by atoms with van der Waals surface area (Å²) in [5.41, 5.74) is -0.993. The summed E-state index contributed by atoms with van der Waals surface area (Å²) in [5.74, 6) is -0.477. The smallest absolute Gasteiger partial charge is 0.309 e. The molecule has 0 aromatic heterocycles. The molecule has 0 unspecified atom stereocenters. The van der Waals surface area contributed by atoms with Crippen molar-refractivity contribution in [1.29, 1.82) is 5.26 Å². The van der Waals surface area contributed by atoms with Crippen molar-refractivity contribution in [2.75, 3.05) is 13.2 Å². The number of ether oxygens (including phenoxy) is 2. The Morgan fingerprint density at radius 2 is 2.12 bits per heavy atom. The average molecular weight is 397 g/mol. The third-order valence-electron chi connectivity index (χ3n) is 3.52. The van der Waals surface area contributed by atoms with Gasteiger partial charge in [0.2, 0.25) is 0 Å². The van der Waals surface area contributed by atoms with Gasteiger partial charge in [-0.05, 0) is 31.0 Å². The van der Waals surface area contributed by atoms with Crippen LogP contribution < -0.4 is 10.1 Å². The van der Waals surface area contributed by atoms with Gasteiger partial charge in [-0.15, -0.1) is 0 Å². The molecule has 1 atom stereocenters. The number of amides is 1. The number of rotatable bonds is 8. The van der Waals surface area contributed by atoms with Gasteiger partial charge in [-0.3, -0.25) is 9.59 Å². The number of esters is 1. The molecular formula is C17H21BrN2O4. The minimum atomic E-state index is -0.993. The highest BCUT2D eigenvalue weighted by atomic mass is 79.9. The summed E-state index contributed by atoms with van der Waals surface area (Å²) in [4.78, 5) is 23.4. The molecule has 0 spiro atoms. The van der Waals surface area contributed by atoms with Crippen LogP contribution in [0.2, 0.25) is 0 Å². The fourth-order valence-corrected chi connectivity index (χ4v) is 2.03. The third kappa shape index (κ3) is 6.59. The van der Waals surface area contributed by atoms with Crippen molar-refractivity contribution in [3.63, 3.8) is 0 Å². The van der Waals surface area contributed by atoms with Crippen LogP contribution in [-0.4, -0.2) is 30.6 Å². The maximum atomic E-state index is 11.8. The number of nitrogens with one attached hydrogen (secondary N) is 1. The molecule has 1 amide bonds. The molecule has 0 radical (unpaired) electrons. The first kappa shape index (κ1) is 20.0. The second-order valence-corrected chi connectivity index (χ2v) is 6.65. The predicted octanol–water partition coefficient (Wildman–Crippen LogP) is 2.82. The maximum absolute atomic E-state index is 11.8. The van der Waals surface area contributed by atoms with Crippen LogP contribution in [0.25, 0.3) is 0 Å². The molecular weight excluding hydrogens is 376 g/mol. The Kier molecular flexibility index (Phi) is 7.72. The molecule has 0 aliphatic carbocycles. The highest BCUT2D eigenvalue weighted by molar-refractivity contribution is 9.10. The first-order chi connectivity index (χ1) is 11.3. The Morgan fingerprint density at radius 1 is 1.42 bits per heavy atom. The topological polar surface area (TPSA) is 88.4 Å². The highest BCUT2D eigenvalue weighted by Gasteiger charge is 2.30. The summed E-state index contributed by atoms with van der Waals surface area (Å²) >= 11 is 3.32. The zero-order valence-electron chi connectivity index (χ0n) is 14.0. The van der Waals surface area contributed by atoms with Gasteiger partial charge in [-0.1, -0.05) is 35.8 Å². The molecule has 1 N–H and O–H groups in total. The first-order valence-corrected chi connectivity index (χ1v) is 8.32. The molecule has 0 aliphatic rings. The van der Waals surface area contributed by atoms with E-state index in [9.17, 15) is 9.59 Å². The van der Waals surface area contributed by atoms with Gasteiger partial charge in [0, 0.05) is 4.47 Å². The monoisotopic (exact) mass is 396 g/mol. The number of carbonyl (C=O) groups excluding carboxylic acids is 2. The SMILES string of the molecule is CC(C)[C@@](C)(C#N)NC(=O)COC(=O)CCOc1cccc(Br)c1. The van der Waals surface area contributed by atoms with Gasteiger partial charge in [-0.2, -0.15) is 5.26 Å². The number of nitrogens with zero attached hydrogens (tertiary/aromatic N) is 1. The van der Waals surface area contributed by atoms with E-state index < -0.39 is 24.0 Å². The number of hydrogen-bond acceptors (Lipinski definition) is 5. The Hall–Kier alpha value is -2.07. The zero-order chi connectivity index (χ0) is 18.2. The van der Waals surface area contributed by atoms with Crippen LogP contribution >= 0.6 is 15.9 Å². The van der Waals surface area contributed by atoms with E-state index in [4.69, 9.17) is 14.7 Å². The summed E-state index contributed by atoms with van der Waals surface area (Å²) in [5, 5.41) is 11.7. The molecule has 0 aliphatic heterocycles. The second-order valence-electron chi connectivity index (χ2n) is 5.73. The van der Waals surface area contributed by atoms with E-state index in [1.165, 1.54) is 0 Å². The Morgan fingerprint density at radius 3 is 2.71 bits per heavy atom. The van der Waals surface area contributed by atoms with Gasteiger partial charge < -0.3 is 14.8 Å². The standard InChI is InChI=1S/C17H21BrN2O4/c1-12(2)17(3,11-19)20-15(21)10-24-16(22)7-8-23-14-6-4-5-13(18)9-14/h4-6,9,12H,7-8,10H2,1-3H3,(H,20,21)/t17-/m1/s1. The molecule has 1 aromatic carbocycles. The van der Waals surface area contributed by atoms with Crippen LogP contribution in [0.5, 0.6) is 5.75 Å². The molecule has 7 heteroatoms. The van der Waals surface area contributed by atoms with Gasteiger partial charge in [0.25, 0.3) is 5.91 Å². The lowest BCUT2D eigenvalue weighted by atomic mass is 9.90. The largest absolute Gasteiger partial charge is 0.493 e. The third-order valence-corrected chi connectivity index (χ3v) is 4.01. The van der Waals surface area contributed by atoms with E-state index in [0.29, 0.717) is 5.75 Å². The predicted molar refractivity (Wildman–Crippen MR) is 92.2 cm³/mol. The lowest BCUT2D eigenvalue weighted by Crippen LogP contribution is -2.50. The fraction of sp³-hybridized carbons (Fsp3) is 0.471. The van der Waals surface area contributed by atoms with Crippen molar-refractivity contribution in [1.82, 2.24) is 5.32 Å². The minimum absolute atomic E-state index is 0.0273. The second kappa shape index (κ2) is 9.28. The number of benzene rings is 1. The highest BCUT2D eigenvalue weighted by Crippen LogP contribution is 2.18. The molecule has 0 saturated heterocycles. The quantitative estimate of drug-likeness (QED) is 0.682. The van der Waals surface area contributed by atoms with E-state index in [-0.39, 0.29) is 18.9 Å². The van der Waals surface area contributed by atoms with Crippen LogP contribution in [0, 0.1) is 17.2 Å². The van der Waals surface area contributed by atoms with E-state index in [1.54, 1.807) is 19.1 Å². The Bertz CT molecular complexity index is 627. The van der Waals surface area contributed by atoms with Gasteiger partial charge in [0.05, 0.1) is 19.1 Å². The van der Waals surface area contributed by atoms with Gasteiger partial charge >= 0.3 is 5.97 Å². The summed E-state index contributed by atoms with van der Waals surface area (Å²) in [6.45, 7) is 5.02. The maximum Gasteiger partial charge on any atom is 0.309 e. The molecule has 0 bridgehead atoms. The fourth-order valence-electron chi connectivity index (χ4n) is 1.65. The lowest BCUT2D eigenvalue weighted by Gasteiger charge is -2.27. The number of nitriles is 1. The van der Waals surface area contributed by atoms with Crippen LogP contribution in [0.4, 0.5) is 0 Å². The molecule has 130 valence electrons. The van der Waals surface area contributed by atoms with Crippen molar-refractivity contribution in [3.05, 3.63) is 28.7 Å². The normalized spacial score (nSPS) is 12.8. The molecule has 0 saturated carbocycles. The Labute approximate surface area is 150 Å². The average Bonchev–Trinajstić information content (AvgIpc) is 2.52. The van der Waals surface area contributed by atoms with Crippen LogP contribution in [-0.2, 0) is 14.3 Å². The van der Waals surface area contributed by atoms with Crippen molar-refractivity contribution in [2.24, 2.45) is 5.92 Å². The number of hydrogen-bond donors (Lipinski definition) is 1. The van der Waals surface area contributed by atoms with Crippen molar-refractivity contribution in [3.8, 4) is 11.8 Å². The summed E-state index contributed by atoms with van der Waals surface area (Å²) in [7, 11) is 0. The van der Waals surface area contributed by atoms with Crippen LogP contribution in [0.3, 0.4) is 0 Å². The molecule has 6 nitrogen and oxygen atoms in total. The first-order valence-electron chi connectivity index (χ1n) is 7.53. The lowest BCUT2D eigenvalue weighted by molar-refractivity contribution is -0.149. The van der Waals surface area contributed by atoms with Crippen LogP contribution in [0.15, 0.2) is 28.7 Å². The van der Waals surface area contributed by atoms with E-state index in [0.717, 1.165) is 4.47 Å². The van der Waals surface area contributed by atoms with E-state index in [2.05, 4.69) is 27.3 Å². The van der Waals surface area contributed by atoms with Crippen LogP contribution in [0.1, 0.15) is 27.2 Å². The van der Waals surface area contributed by atoms with Gasteiger partial charge in [0.15, 0.2) is 6.61 Å². The molecule has 0 heterocycles. The van der Waals surface area contributed by atoms with Gasteiger partial charge in [0.1, 0.15) is 11.3 Å². The van der Waals surface area contributed by atoms with Crippen molar-refractivity contribution >= 4 is 27.8 Å². The summed E-state index contributed by atoms with van der Waals surface area (Å²) < 4.78 is 11.2. The summed E-state index contributed by atoms with van der Waals surface area (Å²) in [6.07, 6.45) is 0.0273. The minimum Gasteiger partial charge on any atom is -0.493 e. The Balaban J connectivity index is 2.31. The number of carbonyl (C=O) groups is 2. The molecule has 1 rings (SSSR count). The zero-order valence-corrected chi connectivity index (χ0v) is 15.6. The summed E-state index contributed by atoms with van der Waals surface area (Å²) in [6, 6.07) is 9.31. The number of halogens is 1. The van der Waals surface area contributed by atoms with E-state index >= 15 is 0 Å².